The van der Waals surface area contributed by atoms with Gasteiger partial charge >= 0.3 is 6.18 Å². The third-order valence-corrected chi connectivity index (χ3v) is 4.52. The molecule has 1 amide bonds. The van der Waals surface area contributed by atoms with Crippen molar-refractivity contribution in [2.24, 2.45) is 5.41 Å². The summed E-state index contributed by atoms with van der Waals surface area (Å²) in [5, 5.41) is 6.06. The van der Waals surface area contributed by atoms with Crippen LogP contribution < -0.4 is 20.1 Å². The SMILES string of the molecule is COc1ccc(CCNC(=O)C(CC(C)(C)C)NCC(OC)OC)cc1OCC(F)(F)F. The number of rotatable bonds is 13. The first-order valence-corrected chi connectivity index (χ1v) is 10.3. The molecule has 0 heterocycles. The Labute approximate surface area is 187 Å². The molecular formula is C22H35F3N2O5. The van der Waals surface area contributed by atoms with Crippen molar-refractivity contribution >= 4 is 5.91 Å². The zero-order valence-electron chi connectivity index (χ0n) is 19.6. The second kappa shape index (κ2) is 12.9. The summed E-state index contributed by atoms with van der Waals surface area (Å²) < 4.78 is 57.7. The Balaban J connectivity index is 2.72. The van der Waals surface area contributed by atoms with Gasteiger partial charge in [0.25, 0.3) is 0 Å². The van der Waals surface area contributed by atoms with Crippen molar-refractivity contribution in [2.75, 3.05) is 41.0 Å². The lowest BCUT2D eigenvalue weighted by Crippen LogP contribution is -2.49. The van der Waals surface area contributed by atoms with Gasteiger partial charge in [0.15, 0.2) is 24.4 Å². The molecule has 32 heavy (non-hydrogen) atoms. The van der Waals surface area contributed by atoms with Crippen molar-refractivity contribution in [1.82, 2.24) is 10.6 Å². The predicted octanol–water partition coefficient (Wildman–Crippen LogP) is 3.31. The number of ether oxygens (including phenoxy) is 4. The fraction of sp³-hybridized carbons (Fsp3) is 0.682. The van der Waals surface area contributed by atoms with E-state index in [1.807, 2.05) is 20.8 Å². The van der Waals surface area contributed by atoms with E-state index in [0.29, 0.717) is 31.5 Å². The fourth-order valence-corrected chi connectivity index (χ4v) is 2.97. The van der Waals surface area contributed by atoms with Gasteiger partial charge in [0, 0.05) is 27.3 Å². The molecule has 0 aromatic heterocycles. The minimum atomic E-state index is -4.45. The summed E-state index contributed by atoms with van der Waals surface area (Å²) in [5.74, 6) is 0.0429. The molecule has 0 bridgehead atoms. The van der Waals surface area contributed by atoms with Crippen LogP contribution in [0.4, 0.5) is 13.2 Å². The minimum absolute atomic E-state index is 0.00565. The molecule has 0 radical (unpaired) electrons. The maximum absolute atomic E-state index is 12.8. The van der Waals surface area contributed by atoms with Crippen molar-refractivity contribution in [1.29, 1.82) is 0 Å². The van der Waals surface area contributed by atoms with Crippen LogP contribution in [0.2, 0.25) is 0 Å². The van der Waals surface area contributed by atoms with Crippen molar-refractivity contribution in [3.63, 3.8) is 0 Å². The van der Waals surface area contributed by atoms with Gasteiger partial charge < -0.3 is 29.6 Å². The van der Waals surface area contributed by atoms with Crippen LogP contribution in [0.3, 0.4) is 0 Å². The van der Waals surface area contributed by atoms with E-state index in [9.17, 15) is 18.0 Å². The molecule has 1 atom stereocenters. The lowest BCUT2D eigenvalue weighted by atomic mass is 9.87. The predicted molar refractivity (Wildman–Crippen MR) is 115 cm³/mol. The number of carbonyl (C=O) groups is 1. The second-order valence-electron chi connectivity index (χ2n) is 8.56. The van der Waals surface area contributed by atoms with E-state index >= 15 is 0 Å². The topological polar surface area (TPSA) is 78.1 Å². The summed E-state index contributed by atoms with van der Waals surface area (Å²) in [6, 6.07) is 4.30. The van der Waals surface area contributed by atoms with Crippen molar-refractivity contribution in [2.45, 2.75) is 52.1 Å². The Morgan fingerprint density at radius 1 is 1.06 bits per heavy atom. The van der Waals surface area contributed by atoms with Gasteiger partial charge in [-0.05, 0) is 36.0 Å². The highest BCUT2D eigenvalue weighted by Crippen LogP contribution is 2.30. The van der Waals surface area contributed by atoms with Crippen LogP contribution in [-0.4, -0.2) is 65.4 Å². The zero-order valence-corrected chi connectivity index (χ0v) is 19.6. The molecule has 184 valence electrons. The fourth-order valence-electron chi connectivity index (χ4n) is 2.97. The summed E-state index contributed by atoms with van der Waals surface area (Å²) in [5.41, 5.74) is 0.619. The first-order chi connectivity index (χ1) is 14.9. The van der Waals surface area contributed by atoms with E-state index in [-0.39, 0.29) is 22.8 Å². The molecule has 0 saturated carbocycles. The lowest BCUT2D eigenvalue weighted by Gasteiger charge is -2.27. The van der Waals surface area contributed by atoms with Gasteiger partial charge in [0.2, 0.25) is 5.91 Å². The molecule has 1 rings (SSSR count). The molecule has 7 nitrogen and oxygen atoms in total. The van der Waals surface area contributed by atoms with Gasteiger partial charge in [-0.1, -0.05) is 26.8 Å². The van der Waals surface area contributed by atoms with Crippen molar-refractivity contribution < 1.29 is 36.9 Å². The summed E-state index contributed by atoms with van der Waals surface area (Å²) >= 11 is 0. The number of alkyl halides is 3. The standard InChI is InChI=1S/C22H35F3N2O5/c1-21(2,3)12-16(27-13-19(30-5)31-6)20(28)26-10-9-15-7-8-17(29-4)18(11-15)32-14-22(23,24)25/h7-8,11,16,19,27H,9-10,12-14H2,1-6H3,(H,26,28). The number of methoxy groups -OCH3 is 3. The van der Waals surface area contributed by atoms with Gasteiger partial charge in [-0.15, -0.1) is 0 Å². The molecule has 0 fully saturated rings. The van der Waals surface area contributed by atoms with Crippen LogP contribution in [-0.2, 0) is 20.7 Å². The van der Waals surface area contributed by atoms with Gasteiger partial charge in [-0.3, -0.25) is 4.79 Å². The summed E-state index contributed by atoms with van der Waals surface area (Å²) in [6.45, 7) is 5.37. The maximum Gasteiger partial charge on any atom is 0.422 e. The quantitative estimate of drug-likeness (QED) is 0.436. The number of amides is 1. The van der Waals surface area contributed by atoms with E-state index in [1.165, 1.54) is 27.4 Å². The Bertz CT molecular complexity index is 704. The molecule has 0 saturated heterocycles. The molecule has 10 heteroatoms. The third-order valence-electron chi connectivity index (χ3n) is 4.52. The lowest BCUT2D eigenvalue weighted by molar-refractivity contribution is -0.153. The molecule has 1 unspecified atom stereocenters. The maximum atomic E-state index is 12.8. The highest BCUT2D eigenvalue weighted by atomic mass is 19.4. The van der Waals surface area contributed by atoms with Crippen LogP contribution >= 0.6 is 0 Å². The van der Waals surface area contributed by atoms with E-state index < -0.39 is 25.1 Å². The van der Waals surface area contributed by atoms with Gasteiger partial charge in [-0.25, -0.2) is 0 Å². The van der Waals surface area contributed by atoms with Crippen LogP contribution in [0, 0.1) is 5.41 Å². The molecule has 0 aliphatic carbocycles. The third kappa shape index (κ3) is 11.0. The van der Waals surface area contributed by atoms with Crippen molar-refractivity contribution in [3.8, 4) is 11.5 Å². The smallest absolute Gasteiger partial charge is 0.422 e. The van der Waals surface area contributed by atoms with Crippen molar-refractivity contribution in [3.05, 3.63) is 23.8 Å². The van der Waals surface area contributed by atoms with Crippen LogP contribution in [0.5, 0.6) is 11.5 Å². The van der Waals surface area contributed by atoms with E-state index in [0.717, 1.165) is 0 Å². The Morgan fingerprint density at radius 3 is 2.25 bits per heavy atom. The summed E-state index contributed by atoms with van der Waals surface area (Å²) in [7, 11) is 4.40. The van der Waals surface area contributed by atoms with Crippen LogP contribution in [0.15, 0.2) is 18.2 Å². The number of halogens is 3. The Morgan fingerprint density at radius 2 is 1.72 bits per heavy atom. The molecule has 1 aromatic rings. The number of hydrogen-bond acceptors (Lipinski definition) is 6. The minimum Gasteiger partial charge on any atom is -0.493 e. The monoisotopic (exact) mass is 464 g/mol. The molecule has 0 spiro atoms. The molecule has 1 aromatic carbocycles. The van der Waals surface area contributed by atoms with E-state index in [1.54, 1.807) is 12.1 Å². The number of carbonyl (C=O) groups excluding carboxylic acids is 1. The number of nitrogens with one attached hydrogen (secondary N) is 2. The van der Waals surface area contributed by atoms with Crippen LogP contribution in [0.25, 0.3) is 0 Å². The zero-order chi connectivity index (χ0) is 24.4. The highest BCUT2D eigenvalue weighted by molar-refractivity contribution is 5.81. The highest BCUT2D eigenvalue weighted by Gasteiger charge is 2.29. The first-order valence-electron chi connectivity index (χ1n) is 10.3. The Kier molecular flexibility index (Phi) is 11.2. The molecule has 2 N–H and O–H groups in total. The number of hydrogen-bond donors (Lipinski definition) is 2. The normalized spacial score (nSPS) is 13.2. The summed E-state index contributed by atoms with van der Waals surface area (Å²) in [6.07, 6.45) is -3.91. The molecule has 0 aliphatic heterocycles. The van der Waals surface area contributed by atoms with Gasteiger partial charge in [-0.2, -0.15) is 13.2 Å². The summed E-state index contributed by atoms with van der Waals surface area (Å²) in [4.78, 5) is 12.8. The average Bonchev–Trinajstić information content (AvgIpc) is 2.70. The first kappa shape index (κ1) is 28.0. The second-order valence-corrected chi connectivity index (χ2v) is 8.56. The molecular weight excluding hydrogens is 429 g/mol. The van der Waals surface area contributed by atoms with E-state index in [4.69, 9.17) is 18.9 Å². The molecule has 0 aliphatic rings. The average molecular weight is 465 g/mol. The largest absolute Gasteiger partial charge is 0.493 e. The van der Waals surface area contributed by atoms with E-state index in [2.05, 4.69) is 10.6 Å². The van der Waals surface area contributed by atoms with Crippen LogP contribution in [0.1, 0.15) is 32.8 Å². The number of benzene rings is 1. The van der Waals surface area contributed by atoms with Gasteiger partial charge in [0.05, 0.1) is 13.2 Å². The van der Waals surface area contributed by atoms with Gasteiger partial charge in [0.1, 0.15) is 0 Å². The Hall–Kier alpha value is -2.04.